The molecular weight excluding hydrogens is 226 g/mol. The Morgan fingerprint density at radius 3 is 2.85 bits per heavy atom. The molecule has 0 saturated carbocycles. The molecule has 1 nitrogen and oxygen atoms in total. The van der Waals surface area contributed by atoms with Crippen LogP contribution in [0, 0.1) is 11.8 Å². The van der Waals surface area contributed by atoms with Crippen LogP contribution in [-0.2, 0) is 0 Å². The molecule has 78 valence electrons. The standard InChI is InChI=1S/C11H22BrN/c1-10(2)5-7-13-6-3-4-11(8-12)9-13/h10-11H,3-9H2,1-2H3. The second kappa shape index (κ2) is 6.02. The van der Waals surface area contributed by atoms with Crippen molar-refractivity contribution in [1.29, 1.82) is 0 Å². The molecule has 1 rings (SSSR count). The molecule has 0 bridgehead atoms. The monoisotopic (exact) mass is 247 g/mol. The maximum atomic E-state index is 3.59. The SMILES string of the molecule is CC(C)CCN1CCCC(CBr)C1. The van der Waals surface area contributed by atoms with Crippen molar-refractivity contribution in [2.45, 2.75) is 33.1 Å². The number of hydrogen-bond acceptors (Lipinski definition) is 1. The zero-order chi connectivity index (χ0) is 9.68. The largest absolute Gasteiger partial charge is 0.303 e. The van der Waals surface area contributed by atoms with Gasteiger partial charge in [0.2, 0.25) is 0 Å². The van der Waals surface area contributed by atoms with E-state index in [0.717, 1.165) is 11.8 Å². The third kappa shape index (κ3) is 4.46. The first kappa shape index (κ1) is 11.5. The highest BCUT2D eigenvalue weighted by Crippen LogP contribution is 2.18. The zero-order valence-corrected chi connectivity index (χ0v) is 10.5. The van der Waals surface area contributed by atoms with E-state index >= 15 is 0 Å². The minimum Gasteiger partial charge on any atom is -0.303 e. The molecule has 13 heavy (non-hydrogen) atoms. The van der Waals surface area contributed by atoms with Crippen molar-refractivity contribution in [3.63, 3.8) is 0 Å². The lowest BCUT2D eigenvalue weighted by Crippen LogP contribution is -2.36. The van der Waals surface area contributed by atoms with E-state index in [9.17, 15) is 0 Å². The van der Waals surface area contributed by atoms with Gasteiger partial charge in [0.15, 0.2) is 0 Å². The fraction of sp³-hybridized carbons (Fsp3) is 1.00. The third-order valence-corrected chi connectivity index (χ3v) is 3.76. The molecule has 1 unspecified atom stereocenters. The Labute approximate surface area is 91.0 Å². The average Bonchev–Trinajstić information content (AvgIpc) is 2.15. The van der Waals surface area contributed by atoms with Gasteiger partial charge in [0.1, 0.15) is 0 Å². The highest BCUT2D eigenvalue weighted by molar-refractivity contribution is 9.09. The van der Waals surface area contributed by atoms with E-state index < -0.39 is 0 Å². The van der Waals surface area contributed by atoms with Crippen molar-refractivity contribution in [2.24, 2.45) is 11.8 Å². The van der Waals surface area contributed by atoms with Gasteiger partial charge in [-0.25, -0.2) is 0 Å². The fourth-order valence-corrected chi connectivity index (χ4v) is 2.45. The topological polar surface area (TPSA) is 3.24 Å². The molecule has 0 amide bonds. The summed E-state index contributed by atoms with van der Waals surface area (Å²) in [5.41, 5.74) is 0. The second-order valence-electron chi connectivity index (χ2n) is 4.65. The van der Waals surface area contributed by atoms with Crippen LogP contribution in [0.25, 0.3) is 0 Å². The number of alkyl halides is 1. The van der Waals surface area contributed by atoms with Gasteiger partial charge in [0.05, 0.1) is 0 Å². The minimum atomic E-state index is 0.851. The van der Waals surface area contributed by atoms with E-state index in [4.69, 9.17) is 0 Å². The van der Waals surface area contributed by atoms with Crippen molar-refractivity contribution >= 4 is 15.9 Å². The molecule has 0 aromatic rings. The van der Waals surface area contributed by atoms with Crippen LogP contribution >= 0.6 is 15.9 Å². The minimum absolute atomic E-state index is 0.851. The first-order chi connectivity index (χ1) is 6.22. The second-order valence-corrected chi connectivity index (χ2v) is 5.29. The highest BCUT2D eigenvalue weighted by atomic mass is 79.9. The van der Waals surface area contributed by atoms with E-state index in [1.54, 1.807) is 0 Å². The summed E-state index contributed by atoms with van der Waals surface area (Å²) in [6.07, 6.45) is 4.17. The Kier molecular flexibility index (Phi) is 5.34. The van der Waals surface area contributed by atoms with Gasteiger partial charge in [0, 0.05) is 11.9 Å². The average molecular weight is 248 g/mol. The first-order valence-corrected chi connectivity index (χ1v) is 6.63. The van der Waals surface area contributed by atoms with Gasteiger partial charge < -0.3 is 4.90 Å². The van der Waals surface area contributed by atoms with Crippen molar-refractivity contribution in [1.82, 2.24) is 4.90 Å². The molecule has 1 heterocycles. The van der Waals surface area contributed by atoms with Crippen molar-refractivity contribution in [3.8, 4) is 0 Å². The molecule has 1 aliphatic rings. The lowest BCUT2D eigenvalue weighted by Gasteiger charge is -2.32. The van der Waals surface area contributed by atoms with Crippen LogP contribution < -0.4 is 0 Å². The maximum Gasteiger partial charge on any atom is 0.00718 e. The van der Waals surface area contributed by atoms with Crippen LogP contribution in [0.4, 0.5) is 0 Å². The van der Waals surface area contributed by atoms with E-state index in [1.165, 1.54) is 44.2 Å². The Bertz CT molecular complexity index is 136. The van der Waals surface area contributed by atoms with E-state index in [-0.39, 0.29) is 0 Å². The van der Waals surface area contributed by atoms with E-state index in [0.29, 0.717) is 0 Å². The molecule has 0 spiro atoms. The van der Waals surface area contributed by atoms with Gasteiger partial charge in [-0.2, -0.15) is 0 Å². The van der Waals surface area contributed by atoms with Crippen LogP contribution in [0.2, 0.25) is 0 Å². The van der Waals surface area contributed by atoms with Crippen LogP contribution in [0.15, 0.2) is 0 Å². The number of likely N-dealkylation sites (tertiary alicyclic amines) is 1. The molecular formula is C11H22BrN. The Morgan fingerprint density at radius 2 is 2.23 bits per heavy atom. The molecule has 1 aliphatic heterocycles. The molecule has 0 radical (unpaired) electrons. The Hall–Kier alpha value is 0.440. The molecule has 0 aliphatic carbocycles. The quantitative estimate of drug-likeness (QED) is 0.691. The van der Waals surface area contributed by atoms with Gasteiger partial charge >= 0.3 is 0 Å². The van der Waals surface area contributed by atoms with Gasteiger partial charge in [-0.05, 0) is 44.2 Å². The maximum absolute atomic E-state index is 3.59. The summed E-state index contributed by atoms with van der Waals surface area (Å²) in [7, 11) is 0. The lowest BCUT2D eigenvalue weighted by atomic mass is 9.99. The van der Waals surface area contributed by atoms with E-state index in [1.807, 2.05) is 0 Å². The third-order valence-electron chi connectivity index (χ3n) is 2.84. The highest BCUT2D eigenvalue weighted by Gasteiger charge is 2.18. The summed E-state index contributed by atoms with van der Waals surface area (Å²) >= 11 is 3.59. The molecule has 0 aromatic heterocycles. The number of rotatable bonds is 4. The predicted octanol–water partition coefficient (Wildman–Crippen LogP) is 3.14. The first-order valence-electron chi connectivity index (χ1n) is 5.50. The van der Waals surface area contributed by atoms with Crippen molar-refractivity contribution in [3.05, 3.63) is 0 Å². The Morgan fingerprint density at radius 1 is 1.46 bits per heavy atom. The smallest absolute Gasteiger partial charge is 0.00718 e. The summed E-state index contributed by atoms with van der Waals surface area (Å²) in [4.78, 5) is 2.63. The zero-order valence-electron chi connectivity index (χ0n) is 8.93. The number of nitrogens with zero attached hydrogens (tertiary/aromatic N) is 1. The van der Waals surface area contributed by atoms with Crippen LogP contribution in [0.3, 0.4) is 0 Å². The molecule has 2 heteroatoms. The predicted molar refractivity (Wildman–Crippen MR) is 62.4 cm³/mol. The summed E-state index contributed by atoms with van der Waals surface area (Å²) in [5, 5.41) is 1.19. The van der Waals surface area contributed by atoms with Crippen LogP contribution in [-0.4, -0.2) is 29.9 Å². The van der Waals surface area contributed by atoms with Crippen molar-refractivity contribution in [2.75, 3.05) is 25.0 Å². The molecule has 1 fully saturated rings. The summed E-state index contributed by atoms with van der Waals surface area (Å²) in [6.45, 7) is 8.58. The number of hydrogen-bond donors (Lipinski definition) is 0. The summed E-state index contributed by atoms with van der Waals surface area (Å²) in [5.74, 6) is 1.75. The van der Waals surface area contributed by atoms with Gasteiger partial charge in [-0.1, -0.05) is 29.8 Å². The molecule has 0 aromatic carbocycles. The Balaban J connectivity index is 2.18. The number of halogens is 1. The van der Waals surface area contributed by atoms with E-state index in [2.05, 4.69) is 34.7 Å². The van der Waals surface area contributed by atoms with Gasteiger partial charge in [0.25, 0.3) is 0 Å². The fourth-order valence-electron chi connectivity index (χ4n) is 1.92. The van der Waals surface area contributed by atoms with Gasteiger partial charge in [-0.3, -0.25) is 0 Å². The van der Waals surface area contributed by atoms with Gasteiger partial charge in [-0.15, -0.1) is 0 Å². The molecule has 0 N–H and O–H groups in total. The molecule has 1 atom stereocenters. The van der Waals surface area contributed by atoms with Crippen LogP contribution in [0.5, 0.6) is 0 Å². The lowest BCUT2D eigenvalue weighted by molar-refractivity contribution is 0.178. The van der Waals surface area contributed by atoms with Crippen molar-refractivity contribution < 1.29 is 0 Å². The number of piperidine rings is 1. The normalized spacial score (nSPS) is 25.4. The molecule has 1 saturated heterocycles. The van der Waals surface area contributed by atoms with Crippen LogP contribution in [0.1, 0.15) is 33.1 Å². The summed E-state index contributed by atoms with van der Waals surface area (Å²) in [6, 6.07) is 0. The summed E-state index contributed by atoms with van der Waals surface area (Å²) < 4.78 is 0.